The van der Waals surface area contributed by atoms with E-state index in [-0.39, 0.29) is 6.61 Å². The number of hydrogen-bond acceptors (Lipinski definition) is 5. The SMILES string of the molecule is NC(=O)C(Nc1ccc(Cl)cc1)c1cn(CCCO)nn1. The number of nitrogens with two attached hydrogens (primary N) is 1. The van der Waals surface area contributed by atoms with Crippen LogP contribution >= 0.6 is 11.6 Å². The molecule has 0 bridgehead atoms. The van der Waals surface area contributed by atoms with E-state index in [0.717, 1.165) is 0 Å². The van der Waals surface area contributed by atoms with Crippen LogP contribution in [0.5, 0.6) is 0 Å². The lowest BCUT2D eigenvalue weighted by atomic mass is 10.2. The standard InChI is InChI=1S/C13H16ClN5O2/c14-9-2-4-10(5-3-9)16-12(13(15)21)11-8-19(18-17-11)6-1-7-20/h2-5,8,12,16,20H,1,6-7H2,(H2,15,21). The van der Waals surface area contributed by atoms with E-state index >= 15 is 0 Å². The van der Waals surface area contributed by atoms with Crippen molar-refractivity contribution in [1.82, 2.24) is 15.0 Å². The maximum Gasteiger partial charge on any atom is 0.246 e. The van der Waals surface area contributed by atoms with E-state index in [4.69, 9.17) is 22.4 Å². The van der Waals surface area contributed by atoms with Crippen molar-refractivity contribution in [2.24, 2.45) is 5.73 Å². The van der Waals surface area contributed by atoms with Gasteiger partial charge in [-0.15, -0.1) is 5.10 Å². The fourth-order valence-electron chi connectivity index (χ4n) is 1.79. The summed E-state index contributed by atoms with van der Waals surface area (Å²) >= 11 is 5.81. The van der Waals surface area contributed by atoms with Crippen LogP contribution in [0, 0.1) is 0 Å². The number of rotatable bonds is 7. The molecule has 112 valence electrons. The normalized spacial score (nSPS) is 12.1. The Bertz CT molecular complexity index is 599. The number of primary amides is 1. The van der Waals surface area contributed by atoms with E-state index in [9.17, 15) is 4.79 Å². The highest BCUT2D eigenvalue weighted by Crippen LogP contribution is 2.19. The number of hydrogen-bond donors (Lipinski definition) is 3. The van der Waals surface area contributed by atoms with Gasteiger partial charge in [0.2, 0.25) is 5.91 Å². The number of amides is 1. The molecule has 21 heavy (non-hydrogen) atoms. The van der Waals surface area contributed by atoms with Crippen LogP contribution < -0.4 is 11.1 Å². The van der Waals surface area contributed by atoms with Gasteiger partial charge >= 0.3 is 0 Å². The van der Waals surface area contributed by atoms with Crippen molar-refractivity contribution in [2.45, 2.75) is 19.0 Å². The maximum absolute atomic E-state index is 11.6. The van der Waals surface area contributed by atoms with Crippen LogP contribution in [-0.2, 0) is 11.3 Å². The second-order valence-corrected chi connectivity index (χ2v) is 4.91. The number of aliphatic hydroxyl groups is 1. The Kier molecular flexibility index (Phi) is 5.13. The molecular weight excluding hydrogens is 294 g/mol. The molecule has 2 rings (SSSR count). The van der Waals surface area contributed by atoms with Crippen LogP contribution in [0.25, 0.3) is 0 Å². The molecule has 2 aromatic rings. The van der Waals surface area contributed by atoms with Crippen molar-refractivity contribution in [1.29, 1.82) is 0 Å². The molecule has 0 spiro atoms. The van der Waals surface area contributed by atoms with Gasteiger partial charge in [0, 0.05) is 23.9 Å². The third-order valence-corrected chi connectivity index (χ3v) is 3.09. The number of aromatic nitrogens is 3. The van der Waals surface area contributed by atoms with Crippen LogP contribution in [-0.4, -0.2) is 32.6 Å². The summed E-state index contributed by atoms with van der Waals surface area (Å²) in [6, 6.07) is 6.12. The highest BCUT2D eigenvalue weighted by Gasteiger charge is 2.21. The predicted octanol–water partition coefficient (Wildman–Crippen LogP) is 0.952. The summed E-state index contributed by atoms with van der Waals surface area (Å²) in [6.07, 6.45) is 2.20. The molecule has 4 N–H and O–H groups in total. The number of aryl methyl sites for hydroxylation is 1. The van der Waals surface area contributed by atoms with Crippen molar-refractivity contribution >= 4 is 23.2 Å². The fraction of sp³-hybridized carbons (Fsp3) is 0.308. The van der Waals surface area contributed by atoms with Crippen molar-refractivity contribution in [2.75, 3.05) is 11.9 Å². The number of benzene rings is 1. The second-order valence-electron chi connectivity index (χ2n) is 4.47. The fourth-order valence-corrected chi connectivity index (χ4v) is 1.92. The molecule has 1 aromatic heterocycles. The minimum atomic E-state index is -0.783. The van der Waals surface area contributed by atoms with E-state index in [1.165, 1.54) is 0 Å². The average molecular weight is 310 g/mol. The lowest BCUT2D eigenvalue weighted by molar-refractivity contribution is -0.118. The maximum atomic E-state index is 11.6. The summed E-state index contributed by atoms with van der Waals surface area (Å²) in [5, 5.41) is 20.2. The number of nitrogens with zero attached hydrogens (tertiary/aromatic N) is 3. The molecule has 0 fully saturated rings. The first kappa shape index (κ1) is 15.3. The molecule has 8 heteroatoms. The van der Waals surface area contributed by atoms with E-state index in [1.54, 1.807) is 35.1 Å². The number of aliphatic hydroxyl groups excluding tert-OH is 1. The molecule has 1 aromatic carbocycles. The quantitative estimate of drug-likeness (QED) is 0.706. The second kappa shape index (κ2) is 7.05. The summed E-state index contributed by atoms with van der Waals surface area (Å²) in [5.74, 6) is -0.556. The zero-order valence-electron chi connectivity index (χ0n) is 11.2. The Morgan fingerprint density at radius 1 is 1.43 bits per heavy atom. The summed E-state index contributed by atoms with van der Waals surface area (Å²) in [5.41, 5.74) is 6.54. The zero-order valence-corrected chi connectivity index (χ0v) is 12.0. The first-order valence-corrected chi connectivity index (χ1v) is 6.80. The van der Waals surface area contributed by atoms with Crippen LogP contribution in [0.15, 0.2) is 30.5 Å². The van der Waals surface area contributed by atoms with Gasteiger partial charge in [-0.1, -0.05) is 16.8 Å². The Morgan fingerprint density at radius 2 is 2.14 bits per heavy atom. The third-order valence-electron chi connectivity index (χ3n) is 2.84. The molecule has 0 aliphatic carbocycles. The topological polar surface area (TPSA) is 106 Å². The minimum absolute atomic E-state index is 0.0669. The summed E-state index contributed by atoms with van der Waals surface area (Å²) in [6.45, 7) is 0.591. The molecule has 0 aliphatic rings. The molecule has 1 unspecified atom stereocenters. The van der Waals surface area contributed by atoms with Gasteiger partial charge in [0.1, 0.15) is 5.69 Å². The molecule has 1 amide bonds. The van der Waals surface area contributed by atoms with Gasteiger partial charge < -0.3 is 16.2 Å². The highest BCUT2D eigenvalue weighted by molar-refractivity contribution is 6.30. The molecular formula is C13H16ClN5O2. The number of halogens is 1. The molecule has 0 saturated heterocycles. The number of anilines is 1. The molecule has 0 saturated carbocycles. The highest BCUT2D eigenvalue weighted by atomic mass is 35.5. The van der Waals surface area contributed by atoms with Gasteiger partial charge in [-0.25, -0.2) is 0 Å². The smallest absolute Gasteiger partial charge is 0.246 e. The third kappa shape index (κ3) is 4.17. The molecule has 7 nitrogen and oxygen atoms in total. The Labute approximate surface area is 126 Å². The van der Waals surface area contributed by atoms with Crippen LogP contribution in [0.3, 0.4) is 0 Å². The van der Waals surface area contributed by atoms with Crippen LogP contribution in [0.1, 0.15) is 18.2 Å². The van der Waals surface area contributed by atoms with Gasteiger partial charge in [0.15, 0.2) is 6.04 Å². The van der Waals surface area contributed by atoms with Gasteiger partial charge in [-0.05, 0) is 30.7 Å². The first-order chi connectivity index (χ1) is 10.1. The van der Waals surface area contributed by atoms with Gasteiger partial charge in [-0.3, -0.25) is 9.48 Å². The number of carbonyl (C=O) groups excluding carboxylic acids is 1. The summed E-state index contributed by atoms with van der Waals surface area (Å²) in [4.78, 5) is 11.6. The van der Waals surface area contributed by atoms with Crippen molar-refractivity contribution < 1.29 is 9.90 Å². The van der Waals surface area contributed by atoms with Crippen LogP contribution in [0.2, 0.25) is 5.02 Å². The summed E-state index contributed by atoms with van der Waals surface area (Å²) in [7, 11) is 0. The van der Waals surface area contributed by atoms with Crippen molar-refractivity contribution in [3.63, 3.8) is 0 Å². The van der Waals surface area contributed by atoms with E-state index in [1.807, 2.05) is 0 Å². The Balaban J connectivity index is 2.13. The predicted molar refractivity (Wildman–Crippen MR) is 78.7 cm³/mol. The first-order valence-electron chi connectivity index (χ1n) is 6.42. The van der Waals surface area contributed by atoms with Gasteiger partial charge in [0.05, 0.1) is 6.20 Å². The lowest BCUT2D eigenvalue weighted by Crippen LogP contribution is -2.28. The number of nitrogens with one attached hydrogen (secondary N) is 1. The van der Waals surface area contributed by atoms with E-state index in [2.05, 4.69) is 15.6 Å². The van der Waals surface area contributed by atoms with Crippen molar-refractivity contribution in [3.8, 4) is 0 Å². The molecule has 0 radical (unpaired) electrons. The molecule has 0 aliphatic heterocycles. The average Bonchev–Trinajstić information content (AvgIpc) is 2.92. The van der Waals surface area contributed by atoms with E-state index in [0.29, 0.717) is 29.4 Å². The summed E-state index contributed by atoms with van der Waals surface area (Å²) < 4.78 is 1.56. The number of carbonyl (C=O) groups is 1. The van der Waals surface area contributed by atoms with Gasteiger partial charge in [0.25, 0.3) is 0 Å². The van der Waals surface area contributed by atoms with Crippen LogP contribution in [0.4, 0.5) is 5.69 Å². The minimum Gasteiger partial charge on any atom is -0.396 e. The Hall–Kier alpha value is -2.12. The largest absolute Gasteiger partial charge is 0.396 e. The van der Waals surface area contributed by atoms with E-state index < -0.39 is 11.9 Å². The van der Waals surface area contributed by atoms with Crippen molar-refractivity contribution in [3.05, 3.63) is 41.2 Å². The molecule has 1 heterocycles. The van der Waals surface area contributed by atoms with Gasteiger partial charge in [-0.2, -0.15) is 0 Å². The molecule has 1 atom stereocenters. The monoisotopic (exact) mass is 309 g/mol. The Morgan fingerprint density at radius 3 is 2.76 bits per heavy atom. The zero-order chi connectivity index (χ0) is 15.2. The lowest BCUT2D eigenvalue weighted by Gasteiger charge is -2.14.